The molecule has 0 heterocycles. The summed E-state index contributed by atoms with van der Waals surface area (Å²) in [6.07, 6.45) is 12.7. The fraction of sp³-hybridized carbons (Fsp3) is 0.760. The third kappa shape index (κ3) is 2.44. The Balaban J connectivity index is 1.75. The molecule has 4 rings (SSSR count). The molecule has 3 nitrogen and oxygen atoms in total. The summed E-state index contributed by atoms with van der Waals surface area (Å²) in [7, 11) is 0. The van der Waals surface area contributed by atoms with Crippen molar-refractivity contribution in [1.82, 2.24) is 0 Å². The SMILES string of the molecule is CCO[C@]1(C(C)=O)CC[C@H]2[C@@H]3C=C/C(=C/C=O)[C@@](C)(C4CC4C)[C@@H]3CC[C@@]21C. The van der Waals surface area contributed by atoms with Gasteiger partial charge in [0, 0.05) is 12.0 Å². The van der Waals surface area contributed by atoms with E-state index < -0.39 is 5.60 Å². The molecule has 0 amide bonds. The summed E-state index contributed by atoms with van der Waals surface area (Å²) in [6.45, 7) is 11.4. The van der Waals surface area contributed by atoms with E-state index in [-0.39, 0.29) is 16.6 Å². The van der Waals surface area contributed by atoms with Crippen molar-refractivity contribution in [1.29, 1.82) is 0 Å². The number of ketones is 1. The zero-order valence-electron chi connectivity index (χ0n) is 18.2. The van der Waals surface area contributed by atoms with Crippen molar-refractivity contribution in [2.24, 2.45) is 40.4 Å². The second-order valence-corrected chi connectivity index (χ2v) is 10.3. The molecule has 0 bridgehead atoms. The Morgan fingerprint density at radius 2 is 1.89 bits per heavy atom. The number of aldehydes is 1. The van der Waals surface area contributed by atoms with E-state index >= 15 is 0 Å². The van der Waals surface area contributed by atoms with Gasteiger partial charge in [0.15, 0.2) is 5.78 Å². The van der Waals surface area contributed by atoms with Gasteiger partial charge in [0.2, 0.25) is 0 Å². The van der Waals surface area contributed by atoms with Gasteiger partial charge >= 0.3 is 0 Å². The predicted octanol–water partition coefficient (Wildman–Crippen LogP) is 5.15. The number of allylic oxidation sites excluding steroid dienone is 4. The highest BCUT2D eigenvalue weighted by atomic mass is 16.5. The van der Waals surface area contributed by atoms with Gasteiger partial charge in [-0.3, -0.25) is 9.59 Å². The molecule has 2 unspecified atom stereocenters. The van der Waals surface area contributed by atoms with Crippen molar-refractivity contribution in [2.75, 3.05) is 6.61 Å². The first-order valence-electron chi connectivity index (χ1n) is 11.3. The fourth-order valence-electron chi connectivity index (χ4n) is 7.89. The third-order valence-corrected chi connectivity index (χ3v) is 9.43. The van der Waals surface area contributed by atoms with E-state index in [1.54, 1.807) is 13.0 Å². The maximum absolute atomic E-state index is 12.8. The lowest BCUT2D eigenvalue weighted by molar-refractivity contribution is -0.171. The highest BCUT2D eigenvalue weighted by molar-refractivity contribution is 5.86. The minimum absolute atomic E-state index is 0.0775. The zero-order chi connectivity index (χ0) is 20.3. The molecule has 28 heavy (non-hydrogen) atoms. The minimum atomic E-state index is -0.618. The smallest absolute Gasteiger partial charge is 0.162 e. The van der Waals surface area contributed by atoms with Crippen LogP contribution in [0.2, 0.25) is 0 Å². The van der Waals surface area contributed by atoms with Crippen molar-refractivity contribution in [3.63, 3.8) is 0 Å². The molecule has 4 aliphatic carbocycles. The summed E-state index contributed by atoms with van der Waals surface area (Å²) in [5, 5.41) is 0. The molecule has 0 aromatic carbocycles. The van der Waals surface area contributed by atoms with Crippen LogP contribution < -0.4 is 0 Å². The van der Waals surface area contributed by atoms with Gasteiger partial charge in [-0.1, -0.05) is 32.9 Å². The van der Waals surface area contributed by atoms with Gasteiger partial charge in [0.05, 0.1) is 0 Å². The van der Waals surface area contributed by atoms with E-state index in [2.05, 4.69) is 32.9 Å². The summed E-state index contributed by atoms with van der Waals surface area (Å²) < 4.78 is 6.26. The quantitative estimate of drug-likeness (QED) is 0.486. The average Bonchev–Trinajstić information content (AvgIpc) is 3.31. The second-order valence-electron chi connectivity index (χ2n) is 10.3. The molecule has 3 heteroatoms. The maximum atomic E-state index is 12.8. The number of carbonyl (C=O) groups is 2. The van der Waals surface area contributed by atoms with Crippen LogP contribution >= 0.6 is 0 Å². The molecule has 8 atom stereocenters. The van der Waals surface area contributed by atoms with Gasteiger partial charge in [-0.25, -0.2) is 0 Å². The normalized spacial score (nSPS) is 50.9. The lowest BCUT2D eigenvalue weighted by Crippen LogP contribution is -2.57. The van der Waals surface area contributed by atoms with E-state index in [1.807, 2.05) is 6.92 Å². The minimum Gasteiger partial charge on any atom is -0.367 e. The summed E-state index contributed by atoms with van der Waals surface area (Å²) in [4.78, 5) is 24.2. The Morgan fingerprint density at radius 1 is 1.21 bits per heavy atom. The van der Waals surface area contributed by atoms with E-state index in [0.29, 0.717) is 30.3 Å². The molecular formula is C25H36O3. The van der Waals surface area contributed by atoms with Gasteiger partial charge in [-0.15, -0.1) is 0 Å². The van der Waals surface area contributed by atoms with Crippen molar-refractivity contribution in [3.8, 4) is 0 Å². The fourth-order valence-corrected chi connectivity index (χ4v) is 7.89. The molecule has 0 radical (unpaired) electrons. The number of fused-ring (bicyclic) bond motifs is 3. The summed E-state index contributed by atoms with van der Waals surface area (Å²) in [5.74, 6) is 3.13. The molecule has 154 valence electrons. The molecule has 0 aromatic heterocycles. The molecule has 0 N–H and O–H groups in total. The predicted molar refractivity (Wildman–Crippen MR) is 111 cm³/mol. The van der Waals surface area contributed by atoms with E-state index in [9.17, 15) is 9.59 Å². The molecule has 0 aromatic rings. The van der Waals surface area contributed by atoms with Crippen LogP contribution in [0, 0.1) is 40.4 Å². The monoisotopic (exact) mass is 384 g/mol. The van der Waals surface area contributed by atoms with Crippen LogP contribution in [0.25, 0.3) is 0 Å². The van der Waals surface area contributed by atoms with Gasteiger partial charge in [-0.2, -0.15) is 0 Å². The topological polar surface area (TPSA) is 43.4 Å². The Labute approximate surface area is 170 Å². The first-order chi connectivity index (χ1) is 13.3. The van der Waals surface area contributed by atoms with Crippen LogP contribution in [0.4, 0.5) is 0 Å². The lowest BCUT2D eigenvalue weighted by Gasteiger charge is -2.57. The Morgan fingerprint density at radius 3 is 2.46 bits per heavy atom. The molecule has 3 saturated carbocycles. The highest BCUT2D eigenvalue weighted by Gasteiger charge is 2.67. The number of Topliss-reactive ketones (excluding diaryl/α,β-unsaturated/α-hetero) is 1. The third-order valence-electron chi connectivity index (χ3n) is 9.43. The van der Waals surface area contributed by atoms with Crippen LogP contribution in [0.5, 0.6) is 0 Å². The molecule has 4 aliphatic rings. The van der Waals surface area contributed by atoms with Crippen LogP contribution in [0.3, 0.4) is 0 Å². The summed E-state index contributed by atoms with van der Waals surface area (Å²) >= 11 is 0. The van der Waals surface area contributed by atoms with E-state index in [0.717, 1.165) is 37.9 Å². The zero-order valence-corrected chi connectivity index (χ0v) is 18.2. The van der Waals surface area contributed by atoms with Crippen molar-refractivity contribution in [2.45, 2.75) is 72.3 Å². The summed E-state index contributed by atoms with van der Waals surface area (Å²) in [5.41, 5.74) is 0.589. The van der Waals surface area contributed by atoms with Gasteiger partial charge < -0.3 is 4.74 Å². The van der Waals surface area contributed by atoms with Gasteiger partial charge in [0.1, 0.15) is 11.9 Å². The van der Waals surface area contributed by atoms with Crippen molar-refractivity contribution >= 4 is 12.1 Å². The molecular weight excluding hydrogens is 348 g/mol. The maximum Gasteiger partial charge on any atom is 0.162 e. The van der Waals surface area contributed by atoms with Crippen LogP contribution in [0.15, 0.2) is 23.8 Å². The van der Waals surface area contributed by atoms with Crippen molar-refractivity contribution in [3.05, 3.63) is 23.8 Å². The number of hydrogen-bond donors (Lipinski definition) is 0. The largest absolute Gasteiger partial charge is 0.367 e. The number of hydrogen-bond acceptors (Lipinski definition) is 3. The van der Waals surface area contributed by atoms with Crippen molar-refractivity contribution < 1.29 is 14.3 Å². The van der Waals surface area contributed by atoms with E-state index in [4.69, 9.17) is 4.74 Å². The number of rotatable bonds is 5. The first-order valence-corrected chi connectivity index (χ1v) is 11.3. The average molecular weight is 385 g/mol. The number of carbonyl (C=O) groups excluding carboxylic acids is 2. The Hall–Kier alpha value is -1.22. The van der Waals surface area contributed by atoms with Crippen LogP contribution in [-0.4, -0.2) is 24.3 Å². The van der Waals surface area contributed by atoms with Crippen LogP contribution in [0.1, 0.15) is 66.7 Å². The summed E-state index contributed by atoms with van der Waals surface area (Å²) in [6, 6.07) is 0. The molecule has 0 aliphatic heterocycles. The standard InChI is InChI=1S/C25H36O3/c1-6-28-25(17(3)27)13-10-20-19-8-7-18(11-14-26)24(5,22-15-16(22)2)21(19)9-12-23(20,25)4/h7-8,11,14,16,19-22H,6,9-10,12-13,15H2,1-5H3/b18-11-/t16?,19-,20-,21+,22?,23-,24+,25-/m0/s1. The van der Waals surface area contributed by atoms with E-state index in [1.165, 1.54) is 12.0 Å². The number of ether oxygens (including phenoxy) is 1. The Bertz CT molecular complexity index is 736. The Kier molecular flexibility index (Phi) is 4.77. The van der Waals surface area contributed by atoms with Gasteiger partial charge in [-0.05, 0) is 92.6 Å². The molecule has 0 spiro atoms. The van der Waals surface area contributed by atoms with Crippen LogP contribution in [-0.2, 0) is 14.3 Å². The molecule has 3 fully saturated rings. The molecule has 0 saturated heterocycles. The second kappa shape index (κ2) is 6.65. The highest BCUT2D eigenvalue weighted by Crippen LogP contribution is 2.70. The van der Waals surface area contributed by atoms with Gasteiger partial charge in [0.25, 0.3) is 0 Å². The lowest BCUT2D eigenvalue weighted by atomic mass is 9.48. The first kappa shape index (κ1) is 20.1.